The van der Waals surface area contributed by atoms with E-state index in [1.807, 2.05) is 49.4 Å². The van der Waals surface area contributed by atoms with Crippen molar-refractivity contribution in [3.8, 4) is 28.7 Å². The number of amides is 1. The van der Waals surface area contributed by atoms with Crippen LogP contribution in [0.4, 0.5) is 0 Å². The van der Waals surface area contributed by atoms with Gasteiger partial charge in [-0.1, -0.05) is 6.07 Å². The average molecular weight is 556 g/mol. The lowest BCUT2D eigenvalue weighted by Crippen LogP contribution is -2.41. The number of ether oxygens (including phenoxy) is 5. The highest BCUT2D eigenvalue weighted by Gasteiger charge is 2.32. The van der Waals surface area contributed by atoms with Gasteiger partial charge in [0.2, 0.25) is 12.7 Å². The van der Waals surface area contributed by atoms with Crippen LogP contribution >= 0.6 is 0 Å². The zero-order valence-electron chi connectivity index (χ0n) is 23.0. The van der Waals surface area contributed by atoms with Gasteiger partial charge in [0.1, 0.15) is 17.9 Å². The van der Waals surface area contributed by atoms with Crippen molar-refractivity contribution in [1.82, 2.24) is 4.90 Å². The molecule has 9 heteroatoms. The summed E-state index contributed by atoms with van der Waals surface area (Å²) in [5, 5.41) is 0.835. The van der Waals surface area contributed by atoms with E-state index >= 15 is 0 Å². The predicted molar refractivity (Wildman–Crippen MR) is 152 cm³/mol. The molecule has 0 saturated carbocycles. The molecule has 1 aromatic heterocycles. The molecule has 2 aliphatic heterocycles. The lowest BCUT2D eigenvalue weighted by Gasteiger charge is -2.37. The van der Waals surface area contributed by atoms with Crippen LogP contribution < -0.4 is 29.3 Å². The van der Waals surface area contributed by atoms with Gasteiger partial charge in [0.05, 0.1) is 20.3 Å². The van der Waals surface area contributed by atoms with Gasteiger partial charge in [0, 0.05) is 30.1 Å². The molecule has 0 radical (unpaired) electrons. The number of fused-ring (bicyclic) bond motifs is 3. The molecule has 3 heterocycles. The van der Waals surface area contributed by atoms with E-state index in [1.165, 1.54) is 6.07 Å². The van der Waals surface area contributed by atoms with Gasteiger partial charge in [0.15, 0.2) is 23.0 Å². The summed E-state index contributed by atoms with van der Waals surface area (Å²) in [4.78, 5) is 27.3. The molecule has 41 heavy (non-hydrogen) atoms. The third-order valence-electron chi connectivity index (χ3n) is 7.43. The van der Waals surface area contributed by atoms with Crippen LogP contribution in [0.2, 0.25) is 0 Å². The van der Waals surface area contributed by atoms with Crippen LogP contribution in [0.3, 0.4) is 0 Å². The highest BCUT2D eigenvalue weighted by Crippen LogP contribution is 2.39. The van der Waals surface area contributed by atoms with Crippen LogP contribution in [-0.4, -0.2) is 45.0 Å². The van der Waals surface area contributed by atoms with Gasteiger partial charge >= 0.3 is 5.63 Å². The summed E-state index contributed by atoms with van der Waals surface area (Å²) >= 11 is 0. The third kappa shape index (κ3) is 5.18. The van der Waals surface area contributed by atoms with E-state index in [2.05, 4.69) is 0 Å². The van der Waals surface area contributed by atoms with E-state index < -0.39 is 11.7 Å². The Balaban J connectivity index is 1.30. The minimum absolute atomic E-state index is 0.156. The molecule has 6 rings (SSSR count). The highest BCUT2D eigenvalue weighted by atomic mass is 16.7. The van der Waals surface area contributed by atoms with Crippen LogP contribution in [0.25, 0.3) is 17.0 Å². The van der Waals surface area contributed by atoms with Crippen molar-refractivity contribution < 1.29 is 32.9 Å². The zero-order chi connectivity index (χ0) is 28.5. The Hall–Kier alpha value is -4.92. The Kier molecular flexibility index (Phi) is 7.01. The fourth-order valence-corrected chi connectivity index (χ4v) is 5.32. The van der Waals surface area contributed by atoms with Crippen molar-refractivity contribution in [1.29, 1.82) is 0 Å². The summed E-state index contributed by atoms with van der Waals surface area (Å²) in [5.74, 6) is 2.92. The van der Waals surface area contributed by atoms with Crippen molar-refractivity contribution >= 4 is 23.0 Å². The molecule has 9 nitrogen and oxygen atoms in total. The molecule has 210 valence electrons. The lowest BCUT2D eigenvalue weighted by molar-refractivity contribution is -0.129. The van der Waals surface area contributed by atoms with Crippen LogP contribution in [-0.2, 0) is 11.2 Å². The van der Waals surface area contributed by atoms with Gasteiger partial charge in [-0.05, 0) is 78.1 Å². The third-order valence-corrected chi connectivity index (χ3v) is 7.43. The highest BCUT2D eigenvalue weighted by molar-refractivity contribution is 5.92. The number of hydrogen-bond donors (Lipinski definition) is 0. The largest absolute Gasteiger partial charge is 0.493 e. The molecule has 0 unspecified atom stereocenters. The Morgan fingerprint density at radius 1 is 1.00 bits per heavy atom. The summed E-state index contributed by atoms with van der Waals surface area (Å²) in [6, 6.07) is 15.9. The Bertz CT molecular complexity index is 1720. The molecular weight excluding hydrogens is 526 g/mol. The van der Waals surface area contributed by atoms with Gasteiger partial charge in [-0.3, -0.25) is 4.79 Å². The minimum Gasteiger partial charge on any atom is -0.493 e. The summed E-state index contributed by atoms with van der Waals surface area (Å²) in [7, 11) is 3.19. The van der Waals surface area contributed by atoms with E-state index in [0.29, 0.717) is 47.3 Å². The Morgan fingerprint density at radius 3 is 2.63 bits per heavy atom. The zero-order valence-corrected chi connectivity index (χ0v) is 23.0. The van der Waals surface area contributed by atoms with Crippen molar-refractivity contribution in [3.63, 3.8) is 0 Å². The average Bonchev–Trinajstić information content (AvgIpc) is 3.45. The van der Waals surface area contributed by atoms with E-state index in [9.17, 15) is 9.59 Å². The van der Waals surface area contributed by atoms with Crippen LogP contribution in [0, 0.1) is 6.92 Å². The first-order valence-electron chi connectivity index (χ1n) is 13.2. The maximum atomic E-state index is 13.6. The maximum absolute atomic E-state index is 13.6. The molecule has 0 fully saturated rings. The first-order chi connectivity index (χ1) is 19.9. The molecular formula is C32H29NO8. The monoisotopic (exact) mass is 555 g/mol. The standard InChI is InChI=1S/C32H29NO8/c1-19-12-32(35)41-27-15-22(6-7-23(19)27)38-17-25-24-16-29(37-3)28(36-2)14-21(24)10-11-33(25)31(34)9-5-20-4-8-26-30(13-20)40-18-39-26/h4-9,12-16,25H,10-11,17-18H2,1-3H3/b9-5+/t25-/m1/s1. The number of nitrogens with zero attached hydrogens (tertiary/aromatic N) is 1. The minimum atomic E-state index is -0.416. The molecule has 0 saturated heterocycles. The molecule has 4 aromatic rings. The van der Waals surface area contributed by atoms with Crippen molar-refractivity contribution in [2.45, 2.75) is 19.4 Å². The van der Waals surface area contributed by atoms with Gasteiger partial charge in [0.25, 0.3) is 0 Å². The number of carbonyl (C=O) groups excluding carboxylic acids is 1. The molecule has 2 aliphatic rings. The summed E-state index contributed by atoms with van der Waals surface area (Å²) in [6.07, 6.45) is 3.97. The smallest absolute Gasteiger partial charge is 0.336 e. The molecule has 0 bridgehead atoms. The number of methoxy groups -OCH3 is 2. The van der Waals surface area contributed by atoms with E-state index in [1.54, 1.807) is 37.3 Å². The number of aryl methyl sites for hydroxylation is 1. The number of rotatable bonds is 7. The maximum Gasteiger partial charge on any atom is 0.336 e. The Morgan fingerprint density at radius 2 is 1.80 bits per heavy atom. The topological polar surface area (TPSA) is 96.7 Å². The summed E-state index contributed by atoms with van der Waals surface area (Å²) in [6.45, 7) is 2.72. The van der Waals surface area contributed by atoms with Crippen LogP contribution in [0.1, 0.15) is 28.3 Å². The molecule has 0 N–H and O–H groups in total. The molecule has 1 atom stereocenters. The predicted octanol–water partition coefficient (Wildman–Crippen LogP) is 5.07. The van der Waals surface area contributed by atoms with Gasteiger partial charge in [-0.2, -0.15) is 0 Å². The fourth-order valence-electron chi connectivity index (χ4n) is 5.32. The normalized spacial score (nSPS) is 15.7. The molecule has 0 aliphatic carbocycles. The molecule has 0 spiro atoms. The van der Waals surface area contributed by atoms with Gasteiger partial charge in [-0.25, -0.2) is 4.79 Å². The Labute approximate surface area is 236 Å². The van der Waals surface area contributed by atoms with E-state index in [0.717, 1.165) is 27.6 Å². The van der Waals surface area contributed by atoms with Crippen molar-refractivity contribution in [2.24, 2.45) is 0 Å². The molecule has 3 aromatic carbocycles. The van der Waals surface area contributed by atoms with Gasteiger partial charge in [-0.15, -0.1) is 0 Å². The van der Waals surface area contributed by atoms with Crippen molar-refractivity contribution in [2.75, 3.05) is 34.2 Å². The second-order valence-electron chi connectivity index (χ2n) is 9.87. The van der Waals surface area contributed by atoms with Crippen molar-refractivity contribution in [3.05, 3.63) is 93.3 Å². The quantitative estimate of drug-likeness (QED) is 0.231. The number of benzene rings is 3. The summed E-state index contributed by atoms with van der Waals surface area (Å²) in [5.41, 5.74) is 3.66. The summed E-state index contributed by atoms with van der Waals surface area (Å²) < 4.78 is 33.6. The van der Waals surface area contributed by atoms with E-state index in [-0.39, 0.29) is 19.3 Å². The van der Waals surface area contributed by atoms with Crippen LogP contribution in [0.5, 0.6) is 28.7 Å². The second-order valence-corrected chi connectivity index (χ2v) is 9.87. The SMILES string of the molecule is COc1cc2c(cc1OC)[C@@H](COc1ccc3c(C)cc(=O)oc3c1)N(C(=O)/C=C/c1ccc3c(c1)OCO3)CC2. The van der Waals surface area contributed by atoms with Gasteiger partial charge < -0.3 is 33.0 Å². The second kappa shape index (κ2) is 10.9. The number of carbonyl (C=O) groups is 1. The molecule has 1 amide bonds. The number of hydrogen-bond acceptors (Lipinski definition) is 8. The van der Waals surface area contributed by atoms with Crippen LogP contribution in [0.15, 0.2) is 69.9 Å². The first kappa shape index (κ1) is 26.3. The van der Waals surface area contributed by atoms with E-state index in [4.69, 9.17) is 28.1 Å². The lowest BCUT2D eigenvalue weighted by atomic mass is 9.92. The fraction of sp³-hybridized carbons (Fsp3) is 0.250. The first-order valence-corrected chi connectivity index (χ1v) is 13.2.